The molecule has 1 spiro atoms. The predicted molar refractivity (Wildman–Crippen MR) is 83.9 cm³/mol. The van der Waals surface area contributed by atoms with E-state index in [1.54, 1.807) is 12.4 Å². The van der Waals surface area contributed by atoms with Gasteiger partial charge in [-0.15, -0.1) is 0 Å². The number of rotatable bonds is 2. The first-order valence-corrected chi connectivity index (χ1v) is 7.73. The van der Waals surface area contributed by atoms with Gasteiger partial charge >= 0.3 is 0 Å². The number of carbonyl (C=O) groups is 1. The van der Waals surface area contributed by atoms with Crippen LogP contribution in [0.4, 0.5) is 11.6 Å². The highest BCUT2D eigenvalue weighted by Gasteiger charge is 2.50. The van der Waals surface area contributed by atoms with Gasteiger partial charge in [0.05, 0.1) is 23.9 Å². The summed E-state index contributed by atoms with van der Waals surface area (Å²) in [4.78, 5) is 25.2. The summed E-state index contributed by atoms with van der Waals surface area (Å²) >= 11 is 0. The van der Waals surface area contributed by atoms with Crippen LogP contribution >= 0.6 is 0 Å². The minimum Gasteiger partial charge on any atom is -0.392 e. The van der Waals surface area contributed by atoms with E-state index in [0.29, 0.717) is 26.1 Å². The number of hydrogen-bond donors (Lipinski definition) is 2. The molecule has 120 valence electrons. The summed E-state index contributed by atoms with van der Waals surface area (Å²) < 4.78 is 0. The van der Waals surface area contributed by atoms with Crippen molar-refractivity contribution in [1.82, 2.24) is 15.3 Å². The van der Waals surface area contributed by atoms with Gasteiger partial charge in [-0.3, -0.25) is 9.78 Å². The Morgan fingerprint density at radius 2 is 2.27 bits per heavy atom. The average molecular weight is 305 g/mol. The SMILES string of the molecule is CN(C)c1cncc(N2CC[C@H](O)[C@@]3(CCCNC3=O)C2)n1. The summed E-state index contributed by atoms with van der Waals surface area (Å²) in [5, 5.41) is 13.3. The van der Waals surface area contributed by atoms with Crippen LogP contribution in [0.5, 0.6) is 0 Å². The van der Waals surface area contributed by atoms with Crippen LogP contribution < -0.4 is 15.1 Å². The van der Waals surface area contributed by atoms with Crippen LogP contribution in [-0.2, 0) is 4.79 Å². The number of amides is 1. The lowest BCUT2D eigenvalue weighted by Gasteiger charge is -2.47. The molecule has 0 aromatic carbocycles. The van der Waals surface area contributed by atoms with Crippen molar-refractivity contribution in [3.05, 3.63) is 12.4 Å². The molecule has 0 bridgehead atoms. The Hall–Kier alpha value is -1.89. The third-order valence-electron chi connectivity index (χ3n) is 4.71. The highest BCUT2D eigenvalue weighted by Crippen LogP contribution is 2.38. The van der Waals surface area contributed by atoms with Gasteiger partial charge in [-0.2, -0.15) is 0 Å². The Morgan fingerprint density at radius 3 is 3.00 bits per heavy atom. The molecule has 2 N–H and O–H groups in total. The molecule has 0 radical (unpaired) electrons. The van der Waals surface area contributed by atoms with E-state index in [2.05, 4.69) is 20.2 Å². The molecule has 2 aliphatic rings. The van der Waals surface area contributed by atoms with Gasteiger partial charge < -0.3 is 20.2 Å². The summed E-state index contributed by atoms with van der Waals surface area (Å²) in [6, 6.07) is 0. The molecule has 0 aliphatic carbocycles. The van der Waals surface area contributed by atoms with Crippen LogP contribution in [-0.4, -0.2) is 60.8 Å². The number of anilines is 2. The summed E-state index contributed by atoms with van der Waals surface area (Å²) in [6.07, 6.45) is 5.04. The van der Waals surface area contributed by atoms with Gasteiger partial charge in [0.2, 0.25) is 5.91 Å². The number of nitrogens with one attached hydrogen (secondary N) is 1. The molecule has 1 amide bonds. The average Bonchev–Trinajstić information content (AvgIpc) is 2.53. The van der Waals surface area contributed by atoms with Crippen molar-refractivity contribution in [2.45, 2.75) is 25.4 Å². The van der Waals surface area contributed by atoms with Gasteiger partial charge in [0, 0.05) is 33.7 Å². The lowest BCUT2D eigenvalue weighted by molar-refractivity contribution is -0.142. The number of hydrogen-bond acceptors (Lipinski definition) is 6. The quantitative estimate of drug-likeness (QED) is 0.801. The maximum absolute atomic E-state index is 12.4. The van der Waals surface area contributed by atoms with E-state index in [1.165, 1.54) is 0 Å². The van der Waals surface area contributed by atoms with Gasteiger partial charge in [0.1, 0.15) is 11.6 Å². The number of carbonyl (C=O) groups excluding carboxylic acids is 1. The zero-order valence-corrected chi connectivity index (χ0v) is 13.1. The molecular formula is C15H23N5O2. The van der Waals surface area contributed by atoms with Crippen molar-refractivity contribution < 1.29 is 9.90 Å². The molecule has 2 saturated heterocycles. The van der Waals surface area contributed by atoms with E-state index < -0.39 is 11.5 Å². The second kappa shape index (κ2) is 5.72. The number of nitrogens with zero attached hydrogens (tertiary/aromatic N) is 4. The maximum atomic E-state index is 12.4. The van der Waals surface area contributed by atoms with Crippen molar-refractivity contribution in [1.29, 1.82) is 0 Å². The van der Waals surface area contributed by atoms with Crippen LogP contribution in [0.25, 0.3) is 0 Å². The first-order chi connectivity index (χ1) is 10.5. The predicted octanol–water partition coefficient (Wildman–Crippen LogP) is 0.0100. The van der Waals surface area contributed by atoms with Crippen molar-refractivity contribution in [3.8, 4) is 0 Å². The van der Waals surface area contributed by atoms with Crippen molar-refractivity contribution in [3.63, 3.8) is 0 Å². The molecule has 0 unspecified atom stereocenters. The normalized spacial score (nSPS) is 28.6. The van der Waals surface area contributed by atoms with E-state index in [-0.39, 0.29) is 5.91 Å². The number of aliphatic hydroxyl groups excluding tert-OH is 1. The smallest absolute Gasteiger partial charge is 0.230 e. The van der Waals surface area contributed by atoms with Crippen LogP contribution in [0.15, 0.2) is 12.4 Å². The standard InChI is InChI=1S/C15H23N5O2/c1-19(2)12-8-16-9-13(18-12)20-7-4-11(21)15(10-20)5-3-6-17-14(15)22/h8-9,11,21H,3-7,10H2,1-2H3,(H,17,22)/t11-,15+/m0/s1. The van der Waals surface area contributed by atoms with Gasteiger partial charge in [-0.1, -0.05) is 0 Å². The Bertz CT molecular complexity index is 565. The molecule has 2 atom stereocenters. The zero-order valence-electron chi connectivity index (χ0n) is 13.1. The van der Waals surface area contributed by atoms with Crippen LogP contribution in [0.2, 0.25) is 0 Å². The second-order valence-electron chi connectivity index (χ2n) is 6.37. The van der Waals surface area contributed by atoms with Gasteiger partial charge in [-0.25, -0.2) is 4.98 Å². The molecule has 7 nitrogen and oxygen atoms in total. The summed E-state index contributed by atoms with van der Waals surface area (Å²) in [7, 11) is 3.84. The second-order valence-corrected chi connectivity index (χ2v) is 6.37. The fourth-order valence-electron chi connectivity index (χ4n) is 3.35. The highest BCUT2D eigenvalue weighted by molar-refractivity contribution is 5.85. The number of piperidine rings is 2. The molecule has 2 aliphatic heterocycles. The Kier molecular flexibility index (Phi) is 3.90. The largest absolute Gasteiger partial charge is 0.392 e. The van der Waals surface area contributed by atoms with Crippen LogP contribution in [0, 0.1) is 5.41 Å². The first-order valence-electron chi connectivity index (χ1n) is 7.73. The van der Waals surface area contributed by atoms with Gasteiger partial charge in [-0.05, 0) is 19.3 Å². The molecule has 1 aromatic heterocycles. The lowest BCUT2D eigenvalue weighted by Crippen LogP contribution is -2.61. The fourth-order valence-corrected chi connectivity index (χ4v) is 3.35. The molecule has 2 fully saturated rings. The van der Waals surface area contributed by atoms with Crippen molar-refractivity contribution >= 4 is 17.5 Å². The van der Waals surface area contributed by atoms with E-state index in [0.717, 1.165) is 24.5 Å². The lowest BCUT2D eigenvalue weighted by atomic mass is 9.71. The minimum absolute atomic E-state index is 0.0346. The molecule has 1 aromatic rings. The van der Waals surface area contributed by atoms with Crippen molar-refractivity contribution in [2.75, 3.05) is 43.5 Å². The third kappa shape index (κ3) is 2.49. The highest BCUT2D eigenvalue weighted by atomic mass is 16.3. The molecule has 0 saturated carbocycles. The van der Waals surface area contributed by atoms with Crippen LogP contribution in [0.1, 0.15) is 19.3 Å². The van der Waals surface area contributed by atoms with E-state index in [4.69, 9.17) is 0 Å². The van der Waals surface area contributed by atoms with Gasteiger partial charge in [0.25, 0.3) is 0 Å². The summed E-state index contributed by atoms with van der Waals surface area (Å²) in [6.45, 7) is 1.87. The third-order valence-corrected chi connectivity index (χ3v) is 4.71. The molecule has 22 heavy (non-hydrogen) atoms. The molecule has 7 heteroatoms. The summed E-state index contributed by atoms with van der Waals surface area (Å²) in [5.41, 5.74) is -0.716. The zero-order chi connectivity index (χ0) is 15.7. The number of aromatic nitrogens is 2. The molecule has 3 rings (SSSR count). The monoisotopic (exact) mass is 305 g/mol. The topological polar surface area (TPSA) is 81.6 Å². The minimum atomic E-state index is -0.716. The van der Waals surface area contributed by atoms with Gasteiger partial charge in [0.15, 0.2) is 0 Å². The Morgan fingerprint density at radius 1 is 1.45 bits per heavy atom. The Labute approximate surface area is 130 Å². The molecule has 3 heterocycles. The van der Waals surface area contributed by atoms with E-state index in [1.807, 2.05) is 19.0 Å². The van der Waals surface area contributed by atoms with Crippen LogP contribution in [0.3, 0.4) is 0 Å². The van der Waals surface area contributed by atoms with E-state index in [9.17, 15) is 9.90 Å². The van der Waals surface area contributed by atoms with Crippen molar-refractivity contribution in [2.24, 2.45) is 5.41 Å². The summed E-state index contributed by atoms with van der Waals surface area (Å²) in [5.74, 6) is 1.51. The fraction of sp³-hybridized carbons (Fsp3) is 0.667. The first kappa shape index (κ1) is 15.0. The van der Waals surface area contributed by atoms with E-state index >= 15 is 0 Å². The number of aliphatic hydroxyl groups is 1. The molecular weight excluding hydrogens is 282 g/mol. The maximum Gasteiger partial charge on any atom is 0.230 e. The Balaban J connectivity index is 1.87.